The van der Waals surface area contributed by atoms with Crippen LogP contribution in [0.25, 0.3) is 0 Å². The zero-order valence-electron chi connectivity index (χ0n) is 11.5. The molecule has 0 radical (unpaired) electrons. The summed E-state index contributed by atoms with van der Waals surface area (Å²) in [5.74, 6) is 0. The molecule has 0 aromatic rings. The summed E-state index contributed by atoms with van der Waals surface area (Å²) in [4.78, 5) is 10.2. The van der Waals surface area contributed by atoms with Crippen molar-refractivity contribution in [2.75, 3.05) is 20.7 Å². The van der Waals surface area contributed by atoms with Gasteiger partial charge in [0.25, 0.3) is 0 Å². The van der Waals surface area contributed by atoms with E-state index >= 15 is 0 Å². The summed E-state index contributed by atoms with van der Waals surface area (Å²) in [5.41, 5.74) is 1.18. The Morgan fingerprint density at radius 3 is 2.65 bits per heavy atom. The van der Waals surface area contributed by atoms with Crippen LogP contribution < -0.4 is 0 Å². The molecule has 2 aliphatic rings. The van der Waals surface area contributed by atoms with Gasteiger partial charge >= 0.3 is 0 Å². The van der Waals surface area contributed by atoms with Gasteiger partial charge in [0.2, 0.25) is 0 Å². The van der Waals surface area contributed by atoms with E-state index in [-0.39, 0.29) is 17.9 Å². The Kier molecular flexibility index (Phi) is 3.06. The minimum absolute atomic E-state index is 0.0436. The monoisotopic (exact) mass is 237 g/mol. The summed E-state index contributed by atoms with van der Waals surface area (Å²) < 4.78 is 0. The van der Waals surface area contributed by atoms with Gasteiger partial charge in [0, 0.05) is 12.1 Å². The molecular weight excluding hydrogens is 214 g/mol. The van der Waals surface area contributed by atoms with Crippen molar-refractivity contribution < 1.29 is 4.84 Å². The Hall–Kier alpha value is -0.840. The largest absolute Gasteiger partial charge is 0.346 e. The van der Waals surface area contributed by atoms with Crippen LogP contribution in [0.5, 0.6) is 0 Å². The minimum Gasteiger partial charge on any atom is -0.346 e. The Morgan fingerprint density at radius 2 is 2.12 bits per heavy atom. The molecule has 2 aliphatic heterocycles. The van der Waals surface area contributed by atoms with E-state index in [9.17, 15) is 0 Å². The molecule has 17 heavy (non-hydrogen) atoms. The lowest BCUT2D eigenvalue weighted by molar-refractivity contribution is -0.220. The van der Waals surface area contributed by atoms with Crippen LogP contribution in [-0.4, -0.2) is 53.4 Å². The van der Waals surface area contributed by atoms with Gasteiger partial charge in [-0.15, -0.1) is 5.06 Å². The summed E-state index contributed by atoms with van der Waals surface area (Å²) in [7, 11) is 3.87. The fourth-order valence-corrected chi connectivity index (χ4v) is 2.50. The fourth-order valence-electron chi connectivity index (χ4n) is 2.50. The third-order valence-corrected chi connectivity index (χ3v) is 3.92. The number of rotatable bonds is 2. The average Bonchev–Trinajstić information content (AvgIpc) is 2.63. The Morgan fingerprint density at radius 1 is 1.47 bits per heavy atom. The summed E-state index contributed by atoms with van der Waals surface area (Å²) in [6, 6.07) is 0.256. The van der Waals surface area contributed by atoms with E-state index in [0.717, 1.165) is 12.1 Å². The third-order valence-electron chi connectivity index (χ3n) is 3.92. The lowest BCUT2D eigenvalue weighted by Gasteiger charge is -2.46. The zero-order chi connectivity index (χ0) is 12.8. The second kappa shape index (κ2) is 4.12. The van der Waals surface area contributed by atoms with Crippen molar-refractivity contribution in [2.45, 2.75) is 38.6 Å². The number of nitrogens with zero attached hydrogens (tertiary/aromatic N) is 3. The normalized spacial score (nSPS) is 32.9. The van der Waals surface area contributed by atoms with Crippen molar-refractivity contribution in [1.82, 2.24) is 14.9 Å². The van der Waals surface area contributed by atoms with Crippen LogP contribution in [0.1, 0.15) is 20.8 Å². The van der Waals surface area contributed by atoms with E-state index in [2.05, 4.69) is 56.5 Å². The molecule has 2 unspecified atom stereocenters. The van der Waals surface area contributed by atoms with E-state index in [1.807, 2.05) is 5.06 Å². The molecule has 4 heteroatoms. The molecule has 4 nitrogen and oxygen atoms in total. The van der Waals surface area contributed by atoms with E-state index < -0.39 is 0 Å². The van der Waals surface area contributed by atoms with Crippen molar-refractivity contribution in [3.8, 4) is 0 Å². The zero-order valence-corrected chi connectivity index (χ0v) is 11.5. The highest BCUT2D eigenvalue weighted by Gasteiger charge is 2.46. The molecule has 0 aromatic heterocycles. The van der Waals surface area contributed by atoms with Gasteiger partial charge in [0.05, 0.1) is 13.2 Å². The van der Waals surface area contributed by atoms with Gasteiger partial charge in [-0.05, 0) is 40.1 Å². The maximum Gasteiger partial charge on any atom is 0.163 e. The first kappa shape index (κ1) is 12.6. The SMILES string of the molecule is C=C(C)C1CN2C=CC(C)(C)N(C)C2N1OC. The molecule has 2 rings (SSSR count). The van der Waals surface area contributed by atoms with Crippen molar-refractivity contribution in [3.63, 3.8) is 0 Å². The predicted octanol–water partition coefficient (Wildman–Crippen LogP) is 1.63. The smallest absolute Gasteiger partial charge is 0.163 e. The first-order valence-corrected chi connectivity index (χ1v) is 6.04. The number of hydrogen-bond acceptors (Lipinski definition) is 4. The van der Waals surface area contributed by atoms with Gasteiger partial charge in [0.15, 0.2) is 6.29 Å². The molecule has 96 valence electrons. The number of hydrogen-bond donors (Lipinski definition) is 0. The van der Waals surface area contributed by atoms with Crippen molar-refractivity contribution >= 4 is 0 Å². The molecule has 0 amide bonds. The molecular formula is C13H23N3O. The van der Waals surface area contributed by atoms with Crippen molar-refractivity contribution in [3.05, 3.63) is 24.4 Å². The summed E-state index contributed by atoms with van der Waals surface area (Å²) in [6.45, 7) is 11.5. The van der Waals surface area contributed by atoms with Crippen LogP contribution in [0.2, 0.25) is 0 Å². The Bertz CT molecular complexity index is 351. The molecule has 1 saturated heterocycles. The molecule has 0 aliphatic carbocycles. The molecule has 0 bridgehead atoms. The van der Waals surface area contributed by atoms with E-state index in [1.165, 1.54) is 0 Å². The van der Waals surface area contributed by atoms with E-state index in [1.54, 1.807) is 7.11 Å². The number of fused-ring (bicyclic) bond motifs is 1. The fraction of sp³-hybridized carbons (Fsp3) is 0.692. The molecule has 0 aromatic carbocycles. The standard InChI is InChI=1S/C13H23N3O/c1-10(2)11-9-15-8-7-13(3,4)14(5)12(15)16(11)17-6/h7-8,11-12H,1,9H2,2-6H3. The van der Waals surface area contributed by atoms with Crippen LogP contribution in [0.15, 0.2) is 24.4 Å². The second-order valence-corrected chi connectivity index (χ2v) is 5.53. The third kappa shape index (κ3) is 1.90. The highest BCUT2D eigenvalue weighted by molar-refractivity contribution is 5.15. The lowest BCUT2D eigenvalue weighted by atomic mass is 10.0. The summed E-state index contributed by atoms with van der Waals surface area (Å²) >= 11 is 0. The van der Waals surface area contributed by atoms with Gasteiger partial charge in [-0.25, -0.2) is 0 Å². The Labute approximate surface area is 104 Å². The van der Waals surface area contributed by atoms with Crippen LogP contribution in [0.3, 0.4) is 0 Å². The first-order chi connectivity index (χ1) is 7.88. The highest BCUT2D eigenvalue weighted by atomic mass is 16.7. The Balaban J connectivity index is 2.31. The maximum atomic E-state index is 5.57. The van der Waals surface area contributed by atoms with Crippen LogP contribution in [-0.2, 0) is 4.84 Å². The van der Waals surface area contributed by atoms with E-state index in [4.69, 9.17) is 4.84 Å². The van der Waals surface area contributed by atoms with Crippen LogP contribution in [0, 0.1) is 0 Å². The summed E-state index contributed by atoms with van der Waals surface area (Å²) in [5, 5.41) is 2.04. The van der Waals surface area contributed by atoms with Gasteiger partial charge in [0.1, 0.15) is 0 Å². The number of likely N-dealkylation sites (N-methyl/N-ethyl adjacent to an activating group) is 1. The molecule has 2 atom stereocenters. The number of hydroxylamine groups is 2. The second-order valence-electron chi connectivity index (χ2n) is 5.53. The maximum absolute atomic E-state index is 5.57. The van der Waals surface area contributed by atoms with Gasteiger partial charge in [-0.1, -0.05) is 12.2 Å². The van der Waals surface area contributed by atoms with E-state index in [0.29, 0.717) is 0 Å². The molecule has 0 spiro atoms. The predicted molar refractivity (Wildman–Crippen MR) is 68.9 cm³/mol. The quantitative estimate of drug-likeness (QED) is 0.679. The van der Waals surface area contributed by atoms with Crippen LogP contribution in [0.4, 0.5) is 0 Å². The first-order valence-electron chi connectivity index (χ1n) is 6.04. The molecule has 0 saturated carbocycles. The van der Waals surface area contributed by atoms with Crippen LogP contribution >= 0.6 is 0 Å². The van der Waals surface area contributed by atoms with Gasteiger partial charge < -0.3 is 4.90 Å². The molecule has 2 heterocycles. The van der Waals surface area contributed by atoms with Gasteiger partial charge in [-0.2, -0.15) is 0 Å². The molecule has 0 N–H and O–H groups in total. The average molecular weight is 237 g/mol. The highest BCUT2D eigenvalue weighted by Crippen LogP contribution is 2.34. The van der Waals surface area contributed by atoms with Gasteiger partial charge in [-0.3, -0.25) is 9.74 Å². The minimum atomic E-state index is 0.0436. The molecule has 1 fully saturated rings. The summed E-state index contributed by atoms with van der Waals surface area (Å²) in [6.07, 6.45) is 4.57. The van der Waals surface area contributed by atoms with Crippen molar-refractivity contribution in [1.29, 1.82) is 0 Å². The lowest BCUT2D eigenvalue weighted by Crippen LogP contribution is -2.59. The van der Waals surface area contributed by atoms with Crippen molar-refractivity contribution in [2.24, 2.45) is 0 Å². The topological polar surface area (TPSA) is 19.0 Å².